The van der Waals surface area contributed by atoms with E-state index in [0.29, 0.717) is 23.0 Å². The smallest absolute Gasteiger partial charge is 0.245 e. The van der Waals surface area contributed by atoms with Crippen LogP contribution in [0.15, 0.2) is 12.2 Å². The molecule has 2 atom stereocenters. The molecule has 1 heterocycles. The van der Waals surface area contributed by atoms with Gasteiger partial charge in [0.15, 0.2) is 10.9 Å². The Bertz CT molecular complexity index is 533. The maximum atomic E-state index is 13.2. The highest BCUT2D eigenvalue weighted by atomic mass is 32.1. The number of hydrogen-bond acceptors (Lipinski definition) is 3. The van der Waals surface area contributed by atoms with Crippen LogP contribution in [0.1, 0.15) is 59.8 Å². The van der Waals surface area contributed by atoms with Gasteiger partial charge >= 0.3 is 0 Å². The fraction of sp³-hybridized carbons (Fsp3) is 0.750. The fourth-order valence-corrected chi connectivity index (χ4v) is 3.62. The number of nitrogens with zero attached hydrogens (tertiary/aromatic N) is 2. The van der Waals surface area contributed by atoms with Crippen LogP contribution >= 0.6 is 12.2 Å². The molecule has 26 heavy (non-hydrogen) atoms. The van der Waals surface area contributed by atoms with Crippen LogP contribution in [0, 0.1) is 5.92 Å². The number of unbranched alkanes of at least 4 members (excludes halogenated alkanes) is 1. The van der Waals surface area contributed by atoms with Crippen molar-refractivity contribution in [3.05, 3.63) is 12.2 Å². The Morgan fingerprint density at radius 3 is 2.58 bits per heavy atom. The van der Waals surface area contributed by atoms with Crippen LogP contribution in [0.25, 0.3) is 0 Å². The Morgan fingerprint density at radius 2 is 2.04 bits per heavy atom. The van der Waals surface area contributed by atoms with Crippen molar-refractivity contribution < 1.29 is 9.59 Å². The number of rotatable bonds is 9. The van der Waals surface area contributed by atoms with Crippen molar-refractivity contribution >= 4 is 29.0 Å². The van der Waals surface area contributed by atoms with Gasteiger partial charge in [-0.1, -0.05) is 33.8 Å². The minimum atomic E-state index is -0.455. The lowest BCUT2D eigenvalue weighted by Crippen LogP contribution is -2.53. The Morgan fingerprint density at radius 1 is 1.38 bits per heavy atom. The van der Waals surface area contributed by atoms with E-state index in [0.717, 1.165) is 38.8 Å². The number of carbonyl (C=O) groups is 2. The molecular weight excluding hydrogens is 346 g/mol. The first-order valence-corrected chi connectivity index (χ1v) is 10.1. The molecule has 0 radical (unpaired) electrons. The van der Waals surface area contributed by atoms with Crippen molar-refractivity contribution in [2.75, 3.05) is 20.1 Å². The predicted molar refractivity (Wildman–Crippen MR) is 111 cm³/mol. The van der Waals surface area contributed by atoms with Gasteiger partial charge in [-0.05, 0) is 56.3 Å². The zero-order chi connectivity index (χ0) is 19.9. The zero-order valence-electron chi connectivity index (χ0n) is 17.0. The maximum Gasteiger partial charge on any atom is 0.245 e. The van der Waals surface area contributed by atoms with Crippen molar-refractivity contribution in [3.63, 3.8) is 0 Å². The van der Waals surface area contributed by atoms with E-state index in [1.807, 2.05) is 4.90 Å². The van der Waals surface area contributed by atoms with Crippen molar-refractivity contribution in [3.8, 4) is 0 Å². The summed E-state index contributed by atoms with van der Waals surface area (Å²) in [5.41, 5.74) is 0.496. The molecular formula is C20H35N3O2S. The molecule has 0 aromatic carbocycles. The Labute approximate surface area is 164 Å². The molecule has 1 aliphatic rings. The zero-order valence-corrected chi connectivity index (χ0v) is 17.8. The monoisotopic (exact) mass is 381 g/mol. The summed E-state index contributed by atoms with van der Waals surface area (Å²) in [6.45, 7) is 13.4. The minimum absolute atomic E-state index is 0.0256. The number of ketones is 1. The van der Waals surface area contributed by atoms with E-state index in [1.54, 1.807) is 18.9 Å². The summed E-state index contributed by atoms with van der Waals surface area (Å²) in [4.78, 5) is 29.3. The van der Waals surface area contributed by atoms with Gasteiger partial charge in [0.1, 0.15) is 6.04 Å². The Hall–Kier alpha value is -1.43. The molecule has 0 aromatic heterocycles. The molecule has 0 saturated carbocycles. The lowest BCUT2D eigenvalue weighted by molar-refractivity contribution is -0.140. The van der Waals surface area contributed by atoms with Gasteiger partial charge in [0.2, 0.25) is 5.91 Å². The third-order valence-electron chi connectivity index (χ3n) is 4.84. The lowest BCUT2D eigenvalue weighted by atomic mass is 9.95. The van der Waals surface area contributed by atoms with Gasteiger partial charge in [-0.2, -0.15) is 0 Å². The van der Waals surface area contributed by atoms with Gasteiger partial charge < -0.3 is 15.1 Å². The lowest BCUT2D eigenvalue weighted by Gasteiger charge is -2.34. The SMILES string of the molecule is C=C(C)C(=O)[C@@H](CC(C)C)N(C)C(=O)[C@@H]1CCCN1C(=S)NCCCC. The number of thiocarbonyl (C=S) groups is 1. The number of nitrogens with one attached hydrogen (secondary N) is 1. The van der Waals surface area contributed by atoms with E-state index in [2.05, 4.69) is 32.7 Å². The normalized spacial score (nSPS) is 17.9. The number of carbonyl (C=O) groups excluding carboxylic acids is 2. The van der Waals surface area contributed by atoms with Crippen LogP contribution in [-0.2, 0) is 9.59 Å². The van der Waals surface area contributed by atoms with Crippen LogP contribution in [-0.4, -0.2) is 58.8 Å². The molecule has 1 rings (SSSR count). The summed E-state index contributed by atoms with van der Waals surface area (Å²) in [6.07, 6.45) is 4.49. The standard InChI is InChI=1S/C20H35N3O2S/c1-7-8-11-21-20(26)23-12-9-10-16(23)19(25)22(6)17(13-14(2)3)18(24)15(4)5/h14,16-17H,4,7-13H2,1-3,5-6H3,(H,21,26)/t16-,17+/m0/s1. The van der Waals surface area contributed by atoms with Gasteiger partial charge in [0.25, 0.3) is 0 Å². The first-order chi connectivity index (χ1) is 12.2. The van der Waals surface area contributed by atoms with Crippen molar-refractivity contribution in [1.82, 2.24) is 15.1 Å². The average Bonchev–Trinajstić information content (AvgIpc) is 3.07. The second-order valence-electron chi connectivity index (χ2n) is 7.68. The van der Waals surface area contributed by atoms with Crippen molar-refractivity contribution in [2.45, 2.75) is 71.9 Å². The largest absolute Gasteiger partial charge is 0.363 e. The molecule has 0 aromatic rings. The van der Waals surface area contributed by atoms with E-state index < -0.39 is 6.04 Å². The molecule has 1 saturated heterocycles. The van der Waals surface area contributed by atoms with Crippen LogP contribution in [0.2, 0.25) is 0 Å². The highest BCUT2D eigenvalue weighted by Gasteiger charge is 2.37. The quantitative estimate of drug-likeness (QED) is 0.378. The second-order valence-corrected chi connectivity index (χ2v) is 8.06. The Balaban J connectivity index is 2.87. The van der Waals surface area contributed by atoms with Gasteiger partial charge in [-0.3, -0.25) is 9.59 Å². The molecule has 0 spiro atoms. The predicted octanol–water partition coefficient (Wildman–Crippen LogP) is 3.14. The molecule has 0 unspecified atom stereocenters. The highest BCUT2D eigenvalue weighted by Crippen LogP contribution is 2.22. The second kappa shape index (κ2) is 10.7. The van der Waals surface area contributed by atoms with E-state index in [9.17, 15) is 9.59 Å². The number of likely N-dealkylation sites (N-methyl/N-ethyl adjacent to an activating group) is 1. The molecule has 1 amide bonds. The summed E-state index contributed by atoms with van der Waals surface area (Å²) in [5.74, 6) is 0.236. The summed E-state index contributed by atoms with van der Waals surface area (Å²) < 4.78 is 0. The third kappa shape index (κ3) is 6.08. The Kier molecular flexibility index (Phi) is 9.27. The molecule has 1 N–H and O–H groups in total. The average molecular weight is 382 g/mol. The van der Waals surface area contributed by atoms with Crippen molar-refractivity contribution in [2.24, 2.45) is 5.92 Å². The summed E-state index contributed by atoms with van der Waals surface area (Å²) >= 11 is 5.50. The van der Waals surface area contributed by atoms with E-state index in [-0.39, 0.29) is 17.7 Å². The molecule has 1 aliphatic heterocycles. The van der Waals surface area contributed by atoms with Gasteiger partial charge in [-0.15, -0.1) is 0 Å². The maximum absolute atomic E-state index is 13.2. The number of hydrogen-bond donors (Lipinski definition) is 1. The minimum Gasteiger partial charge on any atom is -0.363 e. The van der Waals surface area contributed by atoms with E-state index in [1.165, 1.54) is 0 Å². The van der Waals surface area contributed by atoms with Crippen LogP contribution in [0.5, 0.6) is 0 Å². The van der Waals surface area contributed by atoms with Crippen LogP contribution < -0.4 is 5.32 Å². The molecule has 1 fully saturated rings. The number of amides is 1. The summed E-state index contributed by atoms with van der Waals surface area (Å²) in [6, 6.07) is -0.738. The molecule has 0 aliphatic carbocycles. The number of likely N-dealkylation sites (tertiary alicyclic amines) is 1. The third-order valence-corrected chi connectivity index (χ3v) is 5.22. The first kappa shape index (κ1) is 22.6. The highest BCUT2D eigenvalue weighted by molar-refractivity contribution is 7.80. The van der Waals surface area contributed by atoms with Crippen molar-refractivity contribution in [1.29, 1.82) is 0 Å². The van der Waals surface area contributed by atoms with Crippen LogP contribution in [0.4, 0.5) is 0 Å². The molecule has 0 bridgehead atoms. The van der Waals surface area contributed by atoms with Gasteiger partial charge in [-0.25, -0.2) is 0 Å². The molecule has 148 valence electrons. The van der Waals surface area contributed by atoms with E-state index >= 15 is 0 Å². The molecule has 6 heteroatoms. The van der Waals surface area contributed by atoms with Crippen LogP contribution in [0.3, 0.4) is 0 Å². The first-order valence-electron chi connectivity index (χ1n) is 9.71. The summed E-state index contributed by atoms with van der Waals surface area (Å²) in [7, 11) is 1.74. The topological polar surface area (TPSA) is 52.7 Å². The van der Waals surface area contributed by atoms with Gasteiger partial charge in [0.05, 0.1) is 6.04 Å². The summed E-state index contributed by atoms with van der Waals surface area (Å²) in [5, 5.41) is 3.90. The fourth-order valence-electron chi connectivity index (χ4n) is 3.30. The number of Topliss-reactive ketones (excluding diaryl/α,β-unsaturated/α-hetero) is 1. The molecule has 5 nitrogen and oxygen atoms in total. The van der Waals surface area contributed by atoms with E-state index in [4.69, 9.17) is 12.2 Å². The van der Waals surface area contributed by atoms with Gasteiger partial charge in [0, 0.05) is 20.1 Å².